The third kappa shape index (κ3) is 4.20. The first-order valence-corrected chi connectivity index (χ1v) is 10.8. The second kappa shape index (κ2) is 8.00. The van der Waals surface area contributed by atoms with Crippen molar-refractivity contribution in [2.24, 2.45) is 5.92 Å². The van der Waals surface area contributed by atoms with Gasteiger partial charge in [-0.3, -0.25) is 9.80 Å². The Morgan fingerprint density at radius 3 is 2.88 bits per heavy atom. The summed E-state index contributed by atoms with van der Waals surface area (Å²) in [5, 5.41) is 2.20. The molecule has 2 aromatic rings. The molecule has 0 radical (unpaired) electrons. The zero-order valence-electron chi connectivity index (χ0n) is 14.0. The first-order valence-electron chi connectivity index (χ1n) is 8.88. The van der Waals surface area contributed by atoms with E-state index in [0.29, 0.717) is 0 Å². The molecule has 3 saturated heterocycles. The highest BCUT2D eigenvalue weighted by atomic mass is 32.2. The molecular formula is C19H25N3S2. The van der Waals surface area contributed by atoms with Crippen molar-refractivity contribution >= 4 is 23.1 Å². The van der Waals surface area contributed by atoms with Crippen LogP contribution in [0.25, 0.3) is 0 Å². The fourth-order valence-corrected chi connectivity index (χ4v) is 5.48. The zero-order valence-corrected chi connectivity index (χ0v) is 15.6. The molecule has 24 heavy (non-hydrogen) atoms. The van der Waals surface area contributed by atoms with Crippen LogP contribution in [0.3, 0.4) is 0 Å². The highest BCUT2D eigenvalue weighted by Gasteiger charge is 2.34. The van der Waals surface area contributed by atoms with Crippen molar-refractivity contribution in [2.45, 2.75) is 30.3 Å². The topological polar surface area (TPSA) is 19.4 Å². The Hall–Kier alpha value is -0.880. The van der Waals surface area contributed by atoms with Crippen LogP contribution >= 0.6 is 23.1 Å². The quantitative estimate of drug-likeness (QED) is 0.730. The minimum atomic E-state index is 0.735. The summed E-state index contributed by atoms with van der Waals surface area (Å²) in [7, 11) is 0. The summed E-state index contributed by atoms with van der Waals surface area (Å²) in [6.45, 7) is 5.99. The number of piperidine rings is 1. The van der Waals surface area contributed by atoms with E-state index in [1.807, 2.05) is 17.3 Å². The molecule has 5 heteroatoms. The SMILES string of the molecule is c1ccc(SCCN2C[C@H]3CC[C@@H]2CN(Cc2cscn2)C3)cc1. The smallest absolute Gasteiger partial charge is 0.0795 e. The predicted octanol–water partition coefficient (Wildman–Crippen LogP) is 3.83. The van der Waals surface area contributed by atoms with Gasteiger partial charge in [0, 0.05) is 54.8 Å². The summed E-state index contributed by atoms with van der Waals surface area (Å²) >= 11 is 3.70. The van der Waals surface area contributed by atoms with Gasteiger partial charge in [0.15, 0.2) is 0 Å². The van der Waals surface area contributed by atoms with Crippen molar-refractivity contribution in [3.63, 3.8) is 0 Å². The lowest BCUT2D eigenvalue weighted by Crippen LogP contribution is -2.44. The maximum atomic E-state index is 4.47. The van der Waals surface area contributed by atoms with E-state index in [1.165, 1.54) is 55.4 Å². The minimum Gasteiger partial charge on any atom is -0.298 e. The van der Waals surface area contributed by atoms with Gasteiger partial charge in [0.1, 0.15) is 0 Å². The molecule has 4 heterocycles. The zero-order chi connectivity index (χ0) is 16.2. The molecule has 1 aromatic carbocycles. The number of thioether (sulfide) groups is 1. The average molecular weight is 360 g/mol. The molecule has 0 saturated carbocycles. The van der Waals surface area contributed by atoms with Gasteiger partial charge in [0.25, 0.3) is 0 Å². The Balaban J connectivity index is 1.31. The molecule has 0 unspecified atom stereocenters. The van der Waals surface area contributed by atoms with E-state index in [2.05, 4.69) is 50.5 Å². The number of hydrogen-bond donors (Lipinski definition) is 0. The van der Waals surface area contributed by atoms with Crippen LogP contribution in [0, 0.1) is 5.92 Å². The van der Waals surface area contributed by atoms with E-state index in [-0.39, 0.29) is 0 Å². The maximum Gasteiger partial charge on any atom is 0.0795 e. The number of nitrogens with zero attached hydrogens (tertiary/aromatic N) is 3. The second-order valence-corrected chi connectivity index (χ2v) is 8.81. The van der Waals surface area contributed by atoms with Gasteiger partial charge < -0.3 is 0 Å². The Morgan fingerprint density at radius 1 is 1.12 bits per heavy atom. The van der Waals surface area contributed by atoms with Crippen LogP contribution < -0.4 is 0 Å². The molecule has 0 amide bonds. The molecule has 128 valence electrons. The van der Waals surface area contributed by atoms with Crippen molar-refractivity contribution < 1.29 is 0 Å². The minimum absolute atomic E-state index is 0.735. The van der Waals surface area contributed by atoms with Crippen LogP contribution in [-0.4, -0.2) is 52.8 Å². The van der Waals surface area contributed by atoms with Gasteiger partial charge >= 0.3 is 0 Å². The average Bonchev–Trinajstić information content (AvgIpc) is 2.96. The molecule has 3 aliphatic heterocycles. The van der Waals surface area contributed by atoms with E-state index in [0.717, 1.165) is 18.5 Å². The molecule has 3 fully saturated rings. The lowest BCUT2D eigenvalue weighted by atomic mass is 9.95. The monoisotopic (exact) mass is 359 g/mol. The molecule has 1 aromatic heterocycles. The van der Waals surface area contributed by atoms with Gasteiger partial charge in [-0.05, 0) is 30.9 Å². The van der Waals surface area contributed by atoms with Gasteiger partial charge in [-0.25, -0.2) is 4.98 Å². The molecule has 3 aliphatic rings. The van der Waals surface area contributed by atoms with Crippen LogP contribution in [0.4, 0.5) is 0 Å². The van der Waals surface area contributed by atoms with E-state index in [1.54, 1.807) is 11.3 Å². The summed E-state index contributed by atoms with van der Waals surface area (Å²) < 4.78 is 0. The first-order chi connectivity index (χ1) is 11.9. The van der Waals surface area contributed by atoms with Gasteiger partial charge in [0.05, 0.1) is 11.2 Å². The van der Waals surface area contributed by atoms with Gasteiger partial charge in [-0.15, -0.1) is 23.1 Å². The van der Waals surface area contributed by atoms with Crippen LogP contribution in [0.15, 0.2) is 46.1 Å². The van der Waals surface area contributed by atoms with Crippen LogP contribution in [0.5, 0.6) is 0 Å². The molecule has 0 N–H and O–H groups in total. The number of benzene rings is 1. The van der Waals surface area contributed by atoms with Crippen LogP contribution in [0.1, 0.15) is 18.5 Å². The van der Waals surface area contributed by atoms with Gasteiger partial charge in [-0.2, -0.15) is 0 Å². The van der Waals surface area contributed by atoms with Crippen LogP contribution in [0.2, 0.25) is 0 Å². The lowest BCUT2D eigenvalue weighted by molar-refractivity contribution is 0.139. The third-order valence-electron chi connectivity index (χ3n) is 5.16. The first kappa shape index (κ1) is 16.6. The van der Waals surface area contributed by atoms with Crippen LogP contribution in [-0.2, 0) is 6.54 Å². The summed E-state index contributed by atoms with van der Waals surface area (Å²) in [6.07, 6.45) is 2.77. The van der Waals surface area contributed by atoms with E-state index < -0.39 is 0 Å². The van der Waals surface area contributed by atoms with Crippen molar-refractivity contribution in [1.29, 1.82) is 0 Å². The fourth-order valence-electron chi connectivity index (χ4n) is 4.02. The summed E-state index contributed by atoms with van der Waals surface area (Å²) in [5.41, 5.74) is 3.20. The highest BCUT2D eigenvalue weighted by molar-refractivity contribution is 7.99. The predicted molar refractivity (Wildman–Crippen MR) is 103 cm³/mol. The molecule has 2 bridgehead atoms. The largest absolute Gasteiger partial charge is 0.298 e. The molecule has 3 nitrogen and oxygen atoms in total. The molecule has 5 rings (SSSR count). The number of aromatic nitrogens is 1. The molecule has 0 spiro atoms. The van der Waals surface area contributed by atoms with Gasteiger partial charge in [-0.1, -0.05) is 18.2 Å². The summed E-state index contributed by atoms with van der Waals surface area (Å²) in [5.74, 6) is 2.03. The summed E-state index contributed by atoms with van der Waals surface area (Å²) in [4.78, 5) is 11.3. The van der Waals surface area contributed by atoms with Crippen molar-refractivity contribution in [2.75, 3.05) is 31.9 Å². The molecular weight excluding hydrogens is 334 g/mol. The Kier molecular flexibility index (Phi) is 5.53. The van der Waals surface area contributed by atoms with Crippen molar-refractivity contribution in [1.82, 2.24) is 14.8 Å². The number of hydrogen-bond acceptors (Lipinski definition) is 5. The maximum absolute atomic E-state index is 4.47. The second-order valence-electron chi connectivity index (χ2n) is 6.93. The van der Waals surface area contributed by atoms with Crippen molar-refractivity contribution in [3.05, 3.63) is 46.9 Å². The number of fused-ring (bicyclic) bond motifs is 4. The standard InChI is InChI=1S/C19H25N3S2/c1-2-4-19(5-3-1)24-9-8-22-11-16-6-7-18(22)13-21(10-16)12-17-14-23-15-20-17/h1-5,14-16,18H,6-13H2/t16-,18+/m0/s1. The highest BCUT2D eigenvalue weighted by Crippen LogP contribution is 2.29. The summed E-state index contributed by atoms with van der Waals surface area (Å²) in [6, 6.07) is 11.5. The van der Waals surface area contributed by atoms with E-state index in [4.69, 9.17) is 0 Å². The molecule has 0 aliphatic carbocycles. The van der Waals surface area contributed by atoms with Gasteiger partial charge in [0.2, 0.25) is 0 Å². The Bertz CT molecular complexity index is 617. The Labute approximate surface area is 153 Å². The number of rotatable bonds is 6. The lowest BCUT2D eigenvalue weighted by Gasteiger charge is -2.36. The molecule has 2 atom stereocenters. The van der Waals surface area contributed by atoms with Crippen molar-refractivity contribution in [3.8, 4) is 0 Å². The van der Waals surface area contributed by atoms with E-state index >= 15 is 0 Å². The fraction of sp³-hybridized carbons (Fsp3) is 0.526. The number of thiazole rings is 1. The normalized spacial score (nSPS) is 25.0. The Morgan fingerprint density at radius 2 is 2.04 bits per heavy atom. The van der Waals surface area contributed by atoms with E-state index in [9.17, 15) is 0 Å². The third-order valence-corrected chi connectivity index (χ3v) is 6.79.